The third kappa shape index (κ3) is 3.72. The van der Waals surface area contributed by atoms with Crippen LogP contribution in [0.3, 0.4) is 0 Å². The molecule has 0 bridgehead atoms. The van der Waals surface area contributed by atoms with Crippen LogP contribution < -0.4 is 5.32 Å². The highest BCUT2D eigenvalue weighted by atomic mass is 32.2. The third-order valence-electron chi connectivity index (χ3n) is 3.88. The van der Waals surface area contributed by atoms with E-state index in [4.69, 9.17) is 4.74 Å². The summed E-state index contributed by atoms with van der Waals surface area (Å²) in [5, 5.41) is 7.08. The van der Waals surface area contributed by atoms with Crippen LogP contribution in [0.4, 0.5) is 14.7 Å². The summed E-state index contributed by atoms with van der Waals surface area (Å²) >= 11 is 1.65. The third-order valence-corrected chi connectivity index (χ3v) is 4.74. The molecule has 26 heavy (non-hydrogen) atoms. The Balaban J connectivity index is 1.98. The zero-order valence-corrected chi connectivity index (χ0v) is 15.1. The van der Waals surface area contributed by atoms with E-state index in [1.807, 2.05) is 6.92 Å². The number of carbonyl (C=O) groups is 1. The first-order valence-electron chi connectivity index (χ1n) is 8.09. The van der Waals surface area contributed by atoms with E-state index in [2.05, 4.69) is 15.4 Å². The van der Waals surface area contributed by atoms with Crippen LogP contribution in [0, 0.1) is 11.6 Å². The number of hydrogen-bond acceptors (Lipinski definition) is 6. The monoisotopic (exact) mass is 380 g/mol. The van der Waals surface area contributed by atoms with Crippen molar-refractivity contribution in [3.05, 3.63) is 53.0 Å². The summed E-state index contributed by atoms with van der Waals surface area (Å²) in [4.78, 5) is 16.8. The summed E-state index contributed by atoms with van der Waals surface area (Å²) in [7, 11) is 0. The number of allylic oxidation sites excluding steroid dienone is 1. The van der Waals surface area contributed by atoms with Gasteiger partial charge in [-0.25, -0.2) is 18.3 Å². The average molecular weight is 380 g/mol. The number of esters is 1. The SMILES string of the molecule is CCSCCOC(=O)C1=C(C)Nc2ncnn2C1c1cc(F)cc(F)c1. The summed E-state index contributed by atoms with van der Waals surface area (Å²) in [6, 6.07) is 2.31. The molecule has 0 aliphatic carbocycles. The molecule has 1 aliphatic rings. The Morgan fingerprint density at radius 3 is 2.77 bits per heavy atom. The first-order chi connectivity index (χ1) is 12.5. The number of rotatable bonds is 6. The number of nitrogens with one attached hydrogen (secondary N) is 1. The van der Waals surface area contributed by atoms with Gasteiger partial charge in [0.15, 0.2) is 0 Å². The number of benzene rings is 1. The van der Waals surface area contributed by atoms with Crippen LogP contribution in [0.15, 0.2) is 35.8 Å². The predicted octanol–water partition coefficient (Wildman–Crippen LogP) is 3.14. The number of halogens is 2. The van der Waals surface area contributed by atoms with Crippen LogP contribution >= 0.6 is 11.8 Å². The van der Waals surface area contributed by atoms with Crippen molar-refractivity contribution in [2.75, 3.05) is 23.4 Å². The fourth-order valence-electron chi connectivity index (χ4n) is 2.81. The van der Waals surface area contributed by atoms with E-state index >= 15 is 0 Å². The zero-order chi connectivity index (χ0) is 18.7. The normalized spacial score (nSPS) is 16.2. The molecule has 1 aromatic carbocycles. The molecule has 2 aromatic rings. The molecule has 0 fully saturated rings. The molecule has 9 heteroatoms. The Labute approximate surface area is 153 Å². The van der Waals surface area contributed by atoms with E-state index in [-0.39, 0.29) is 17.7 Å². The van der Waals surface area contributed by atoms with Crippen molar-refractivity contribution in [3.8, 4) is 0 Å². The fourth-order valence-corrected chi connectivity index (χ4v) is 3.30. The minimum absolute atomic E-state index is 0.245. The highest BCUT2D eigenvalue weighted by Crippen LogP contribution is 2.35. The highest BCUT2D eigenvalue weighted by molar-refractivity contribution is 7.99. The maximum atomic E-state index is 13.8. The second-order valence-electron chi connectivity index (χ2n) is 5.63. The molecular formula is C17H18F2N4O2S. The summed E-state index contributed by atoms with van der Waals surface area (Å²) in [6.07, 6.45) is 1.31. The minimum Gasteiger partial charge on any atom is -0.461 e. The lowest BCUT2D eigenvalue weighted by Gasteiger charge is -2.28. The van der Waals surface area contributed by atoms with Crippen LogP contribution in [0.5, 0.6) is 0 Å². The van der Waals surface area contributed by atoms with Crippen LogP contribution in [-0.4, -0.2) is 38.8 Å². The molecule has 3 rings (SSSR count). The van der Waals surface area contributed by atoms with Gasteiger partial charge in [0.25, 0.3) is 0 Å². The van der Waals surface area contributed by atoms with E-state index in [1.54, 1.807) is 18.7 Å². The fraction of sp³-hybridized carbons (Fsp3) is 0.353. The molecular weight excluding hydrogens is 362 g/mol. The van der Waals surface area contributed by atoms with Gasteiger partial charge in [-0.1, -0.05) is 6.92 Å². The van der Waals surface area contributed by atoms with Gasteiger partial charge in [-0.3, -0.25) is 0 Å². The van der Waals surface area contributed by atoms with Gasteiger partial charge in [-0.05, 0) is 30.4 Å². The smallest absolute Gasteiger partial charge is 0.338 e. The zero-order valence-electron chi connectivity index (χ0n) is 14.3. The number of hydrogen-bond donors (Lipinski definition) is 1. The Bertz CT molecular complexity index is 833. The van der Waals surface area contributed by atoms with Crippen LogP contribution in [0.2, 0.25) is 0 Å². The minimum atomic E-state index is -0.828. The van der Waals surface area contributed by atoms with Crippen molar-refractivity contribution in [2.24, 2.45) is 0 Å². The summed E-state index contributed by atoms with van der Waals surface area (Å²) in [6.45, 7) is 3.96. The lowest BCUT2D eigenvalue weighted by atomic mass is 9.95. The first-order valence-corrected chi connectivity index (χ1v) is 9.25. The molecule has 0 saturated carbocycles. The Kier molecular flexibility index (Phi) is 5.55. The molecule has 0 spiro atoms. The van der Waals surface area contributed by atoms with Crippen molar-refractivity contribution >= 4 is 23.7 Å². The van der Waals surface area contributed by atoms with Gasteiger partial charge in [0, 0.05) is 17.5 Å². The number of fused-ring (bicyclic) bond motifs is 1. The number of ether oxygens (including phenoxy) is 1. The van der Waals surface area contributed by atoms with E-state index < -0.39 is 23.6 Å². The van der Waals surface area contributed by atoms with Crippen LogP contribution in [-0.2, 0) is 9.53 Å². The number of carbonyl (C=O) groups excluding carboxylic acids is 1. The van der Waals surface area contributed by atoms with Gasteiger partial charge in [0.1, 0.15) is 30.6 Å². The van der Waals surface area contributed by atoms with Crippen molar-refractivity contribution in [2.45, 2.75) is 19.9 Å². The van der Waals surface area contributed by atoms with Crippen molar-refractivity contribution < 1.29 is 18.3 Å². The van der Waals surface area contributed by atoms with Gasteiger partial charge in [0.2, 0.25) is 5.95 Å². The largest absolute Gasteiger partial charge is 0.461 e. The summed E-state index contributed by atoms with van der Waals surface area (Å²) in [5.74, 6) is -0.0305. The first kappa shape index (κ1) is 18.4. The number of anilines is 1. The Morgan fingerprint density at radius 1 is 1.35 bits per heavy atom. The number of nitrogens with zero attached hydrogens (tertiary/aromatic N) is 3. The topological polar surface area (TPSA) is 69.0 Å². The van der Waals surface area contributed by atoms with Gasteiger partial charge < -0.3 is 10.1 Å². The molecule has 0 amide bonds. The summed E-state index contributed by atoms with van der Waals surface area (Å²) < 4.78 is 34.3. The maximum absolute atomic E-state index is 13.8. The standard InChI is InChI=1S/C17H18F2N4O2S/c1-3-26-5-4-25-16(24)14-10(2)22-17-20-9-21-23(17)15(14)11-6-12(18)8-13(19)7-11/h6-9,15H,3-5H2,1-2H3,(H,20,21,22). The quantitative estimate of drug-likeness (QED) is 0.613. The van der Waals surface area contributed by atoms with Crippen LogP contribution in [0.25, 0.3) is 0 Å². The van der Waals surface area contributed by atoms with Gasteiger partial charge in [0.05, 0.1) is 5.57 Å². The molecule has 1 atom stereocenters. The van der Waals surface area contributed by atoms with Crippen molar-refractivity contribution in [1.82, 2.24) is 14.8 Å². The van der Waals surface area contributed by atoms with Crippen molar-refractivity contribution in [1.29, 1.82) is 0 Å². The second-order valence-corrected chi connectivity index (χ2v) is 7.02. The maximum Gasteiger partial charge on any atom is 0.338 e. The lowest BCUT2D eigenvalue weighted by molar-refractivity contribution is -0.139. The number of aromatic nitrogens is 3. The van der Waals surface area contributed by atoms with Gasteiger partial charge in [-0.2, -0.15) is 21.8 Å². The van der Waals surface area contributed by atoms with E-state index in [9.17, 15) is 13.6 Å². The highest BCUT2D eigenvalue weighted by Gasteiger charge is 2.34. The average Bonchev–Trinajstić information content (AvgIpc) is 3.04. The van der Waals surface area contributed by atoms with E-state index in [0.717, 1.165) is 11.8 Å². The molecule has 6 nitrogen and oxygen atoms in total. The van der Waals surface area contributed by atoms with E-state index in [0.29, 0.717) is 17.4 Å². The number of thioether (sulfide) groups is 1. The van der Waals surface area contributed by atoms with Gasteiger partial charge in [-0.15, -0.1) is 0 Å². The summed E-state index contributed by atoms with van der Waals surface area (Å²) in [5.41, 5.74) is 1.01. The van der Waals surface area contributed by atoms with Gasteiger partial charge >= 0.3 is 5.97 Å². The lowest BCUT2D eigenvalue weighted by Crippen LogP contribution is -2.30. The molecule has 0 radical (unpaired) electrons. The molecule has 2 heterocycles. The molecule has 1 unspecified atom stereocenters. The van der Waals surface area contributed by atoms with E-state index in [1.165, 1.54) is 23.1 Å². The predicted molar refractivity (Wildman–Crippen MR) is 94.8 cm³/mol. The molecule has 1 N–H and O–H groups in total. The van der Waals surface area contributed by atoms with Crippen molar-refractivity contribution in [3.63, 3.8) is 0 Å². The molecule has 1 aromatic heterocycles. The Morgan fingerprint density at radius 2 is 2.08 bits per heavy atom. The molecule has 0 saturated heterocycles. The molecule has 138 valence electrons. The molecule has 1 aliphatic heterocycles. The Hall–Kier alpha value is -2.42. The second kappa shape index (κ2) is 7.86. The van der Waals surface area contributed by atoms with Crippen LogP contribution in [0.1, 0.15) is 25.5 Å².